The first-order valence-electron chi connectivity index (χ1n) is 13.1. The zero-order valence-electron chi connectivity index (χ0n) is 21.0. The van der Waals surface area contributed by atoms with Crippen LogP contribution in [0.3, 0.4) is 0 Å². The van der Waals surface area contributed by atoms with Gasteiger partial charge in [-0.15, -0.1) is 22.7 Å². The van der Waals surface area contributed by atoms with Gasteiger partial charge in [0.2, 0.25) is 0 Å². The number of rotatable bonds is 4. The highest BCUT2D eigenvalue weighted by Gasteiger charge is 2.16. The van der Waals surface area contributed by atoms with Crippen LogP contribution in [0.15, 0.2) is 140 Å². The van der Waals surface area contributed by atoms with E-state index in [4.69, 9.17) is 0 Å². The molecule has 0 saturated carbocycles. The predicted molar refractivity (Wildman–Crippen MR) is 172 cm³/mol. The van der Waals surface area contributed by atoms with Gasteiger partial charge in [0, 0.05) is 57.4 Å². The zero-order valence-corrected chi connectivity index (χ0v) is 22.7. The Morgan fingerprint density at radius 2 is 1.00 bits per heavy atom. The van der Waals surface area contributed by atoms with Crippen molar-refractivity contribution in [2.45, 2.75) is 0 Å². The van der Waals surface area contributed by atoms with Crippen molar-refractivity contribution in [2.75, 3.05) is 4.90 Å². The third-order valence-electron chi connectivity index (χ3n) is 7.47. The van der Waals surface area contributed by atoms with Gasteiger partial charge in [-0.2, -0.15) is 0 Å². The molecule has 0 N–H and O–H groups in total. The molecule has 1 nitrogen and oxygen atoms in total. The highest BCUT2D eigenvalue weighted by Crippen LogP contribution is 2.47. The Balaban J connectivity index is 1.28. The van der Waals surface area contributed by atoms with Gasteiger partial charge in [0.05, 0.1) is 0 Å². The third kappa shape index (κ3) is 3.66. The van der Waals surface area contributed by atoms with Crippen LogP contribution in [0.1, 0.15) is 0 Å². The Kier molecular flexibility index (Phi) is 5.25. The fourth-order valence-corrected chi connectivity index (χ4v) is 8.26. The fraction of sp³-hybridized carbons (Fsp3) is 0. The lowest BCUT2D eigenvalue weighted by molar-refractivity contribution is 1.28. The van der Waals surface area contributed by atoms with Crippen LogP contribution < -0.4 is 4.90 Å². The molecule has 2 heterocycles. The average molecular weight is 534 g/mol. The number of thiophene rings is 2. The Morgan fingerprint density at radius 1 is 0.385 bits per heavy atom. The van der Waals surface area contributed by atoms with Crippen molar-refractivity contribution in [1.82, 2.24) is 0 Å². The van der Waals surface area contributed by atoms with Gasteiger partial charge in [-0.3, -0.25) is 0 Å². The van der Waals surface area contributed by atoms with E-state index in [-0.39, 0.29) is 0 Å². The normalized spacial score (nSPS) is 11.6. The second-order valence-corrected chi connectivity index (χ2v) is 11.9. The number of benzene rings is 6. The molecule has 0 spiro atoms. The smallest absolute Gasteiger partial charge is 0.0462 e. The monoisotopic (exact) mass is 533 g/mol. The minimum Gasteiger partial charge on any atom is -0.311 e. The highest BCUT2D eigenvalue weighted by molar-refractivity contribution is 7.30. The van der Waals surface area contributed by atoms with Crippen molar-refractivity contribution in [3.8, 4) is 11.1 Å². The minimum atomic E-state index is 1.14. The lowest BCUT2D eigenvalue weighted by atomic mass is 10.0. The molecule has 2 aromatic heterocycles. The van der Waals surface area contributed by atoms with Crippen molar-refractivity contribution < 1.29 is 0 Å². The van der Waals surface area contributed by atoms with Gasteiger partial charge in [0.15, 0.2) is 0 Å². The maximum Gasteiger partial charge on any atom is 0.0462 e. The molecule has 0 aliphatic heterocycles. The van der Waals surface area contributed by atoms with E-state index in [1.807, 2.05) is 22.7 Å². The number of nitrogens with zero attached hydrogens (tertiary/aromatic N) is 1. The second kappa shape index (κ2) is 9.09. The molecule has 0 radical (unpaired) electrons. The van der Waals surface area contributed by atoms with Crippen LogP contribution in [-0.2, 0) is 0 Å². The first-order valence-corrected chi connectivity index (χ1v) is 14.7. The van der Waals surface area contributed by atoms with E-state index in [0.717, 1.165) is 17.1 Å². The molecule has 6 aromatic carbocycles. The van der Waals surface area contributed by atoms with Crippen molar-refractivity contribution in [3.05, 3.63) is 140 Å². The van der Waals surface area contributed by atoms with Crippen molar-refractivity contribution in [2.24, 2.45) is 0 Å². The Hall–Kier alpha value is -4.44. The van der Waals surface area contributed by atoms with E-state index in [1.165, 1.54) is 51.5 Å². The molecule has 3 heteroatoms. The average Bonchev–Trinajstić information content (AvgIpc) is 3.57. The summed E-state index contributed by atoms with van der Waals surface area (Å²) < 4.78 is 5.46. The minimum absolute atomic E-state index is 1.14. The highest BCUT2D eigenvalue weighted by atomic mass is 32.1. The van der Waals surface area contributed by atoms with Crippen LogP contribution in [0, 0.1) is 0 Å². The van der Waals surface area contributed by atoms with Crippen molar-refractivity contribution in [1.29, 1.82) is 0 Å². The van der Waals surface area contributed by atoms with Gasteiger partial charge in [-0.25, -0.2) is 0 Å². The van der Waals surface area contributed by atoms with E-state index in [1.54, 1.807) is 0 Å². The SMILES string of the molecule is c1ccc(N(c2ccccc2)c2ccc(-c3cccc4c3sc3c4ccc4sc5ccccc5c43)cc2)cc1. The summed E-state index contributed by atoms with van der Waals surface area (Å²) in [6, 6.07) is 50.3. The topological polar surface area (TPSA) is 3.24 Å². The summed E-state index contributed by atoms with van der Waals surface area (Å²) >= 11 is 3.82. The van der Waals surface area contributed by atoms with Crippen LogP contribution in [0.4, 0.5) is 17.1 Å². The van der Waals surface area contributed by atoms with E-state index in [2.05, 4.69) is 144 Å². The Labute approximate surface area is 234 Å². The first kappa shape index (κ1) is 22.5. The van der Waals surface area contributed by atoms with Crippen LogP contribution in [-0.4, -0.2) is 0 Å². The lowest BCUT2D eigenvalue weighted by Crippen LogP contribution is -2.09. The summed E-state index contributed by atoms with van der Waals surface area (Å²) in [4.78, 5) is 2.31. The number of hydrogen-bond acceptors (Lipinski definition) is 3. The molecule has 0 fully saturated rings. The first-order chi connectivity index (χ1) is 19.3. The fourth-order valence-electron chi connectivity index (χ4n) is 5.68. The number of para-hydroxylation sites is 2. The van der Waals surface area contributed by atoms with E-state index in [9.17, 15) is 0 Å². The quantitative estimate of drug-likeness (QED) is 0.217. The summed E-state index contributed by atoms with van der Waals surface area (Å²) in [5, 5.41) is 5.45. The zero-order chi connectivity index (χ0) is 25.8. The molecule has 0 aliphatic rings. The van der Waals surface area contributed by atoms with Gasteiger partial charge in [-0.05, 0) is 59.7 Å². The van der Waals surface area contributed by atoms with Crippen LogP contribution in [0.25, 0.3) is 51.5 Å². The van der Waals surface area contributed by atoms with Crippen LogP contribution >= 0.6 is 22.7 Å². The van der Waals surface area contributed by atoms with Gasteiger partial charge in [-0.1, -0.05) is 91.0 Å². The molecule has 0 amide bonds. The second-order valence-electron chi connectivity index (χ2n) is 9.75. The Morgan fingerprint density at radius 3 is 1.74 bits per heavy atom. The molecule has 0 atom stereocenters. The maximum atomic E-state index is 2.32. The molecule has 0 saturated heterocycles. The summed E-state index contributed by atoms with van der Waals surface area (Å²) in [5.41, 5.74) is 5.97. The predicted octanol–water partition coefficient (Wildman–Crippen LogP) is 11.6. The summed E-state index contributed by atoms with van der Waals surface area (Å²) in [7, 11) is 0. The van der Waals surface area contributed by atoms with Crippen LogP contribution in [0.5, 0.6) is 0 Å². The lowest BCUT2D eigenvalue weighted by Gasteiger charge is -2.25. The summed E-state index contributed by atoms with van der Waals surface area (Å²) in [6.07, 6.45) is 0. The largest absolute Gasteiger partial charge is 0.311 e. The number of fused-ring (bicyclic) bond motifs is 7. The Bertz CT molecular complexity index is 2060. The van der Waals surface area contributed by atoms with E-state index < -0.39 is 0 Å². The van der Waals surface area contributed by atoms with E-state index >= 15 is 0 Å². The molecule has 0 unspecified atom stereocenters. The third-order valence-corrected chi connectivity index (χ3v) is 9.88. The molecule has 184 valence electrons. The standard InChI is InChI=1S/C36H23NS2/c1-3-10-25(11-4-1)37(26-12-5-2-6-13-26)27-20-18-24(19-21-27)28-15-9-16-29-30-22-23-33-34(36(30)39-35(28)29)31-14-7-8-17-32(31)38-33/h1-23H. The van der Waals surface area contributed by atoms with Gasteiger partial charge < -0.3 is 4.90 Å². The van der Waals surface area contributed by atoms with Gasteiger partial charge in [0.25, 0.3) is 0 Å². The van der Waals surface area contributed by atoms with Gasteiger partial charge >= 0.3 is 0 Å². The molecule has 0 bridgehead atoms. The molecule has 39 heavy (non-hydrogen) atoms. The molecular weight excluding hydrogens is 511 g/mol. The van der Waals surface area contributed by atoms with Crippen LogP contribution in [0.2, 0.25) is 0 Å². The molecule has 0 aliphatic carbocycles. The van der Waals surface area contributed by atoms with Crippen molar-refractivity contribution >= 4 is 80.1 Å². The number of hydrogen-bond donors (Lipinski definition) is 0. The molecular formula is C36H23NS2. The number of anilines is 3. The molecule has 8 rings (SSSR count). The summed E-state index contributed by atoms with van der Waals surface area (Å²) in [5.74, 6) is 0. The van der Waals surface area contributed by atoms with Gasteiger partial charge in [0.1, 0.15) is 0 Å². The van der Waals surface area contributed by atoms with E-state index in [0.29, 0.717) is 0 Å². The molecule has 8 aromatic rings. The summed E-state index contributed by atoms with van der Waals surface area (Å²) in [6.45, 7) is 0. The maximum absolute atomic E-state index is 2.32. The van der Waals surface area contributed by atoms with Crippen molar-refractivity contribution in [3.63, 3.8) is 0 Å².